The molecule has 1 aliphatic heterocycles. The molecule has 1 fully saturated rings. The standard InChI is InChI=1S/C19H20Cl3NO3/c20-13-1-3-15(4-2-13)25-12-14(24)10-23-8-7-17(11-23)26-16-5-6-18(21)19(22)9-16/h1-6,9,14,17,24H,7-8,10-12H2. The number of ether oxygens (including phenoxy) is 2. The number of hydrogen-bond donors (Lipinski definition) is 1. The first kappa shape index (κ1) is 19.6. The molecular weight excluding hydrogens is 397 g/mol. The van der Waals surface area contributed by atoms with Crippen molar-refractivity contribution in [2.45, 2.75) is 18.6 Å². The molecule has 1 heterocycles. The maximum absolute atomic E-state index is 10.2. The maximum atomic E-state index is 10.2. The summed E-state index contributed by atoms with van der Waals surface area (Å²) in [5, 5.41) is 11.8. The van der Waals surface area contributed by atoms with Gasteiger partial charge in [0.1, 0.15) is 30.3 Å². The Balaban J connectivity index is 1.42. The quantitative estimate of drug-likeness (QED) is 0.719. The van der Waals surface area contributed by atoms with E-state index in [9.17, 15) is 5.11 Å². The van der Waals surface area contributed by atoms with E-state index in [-0.39, 0.29) is 12.7 Å². The third-order valence-corrected chi connectivity index (χ3v) is 5.14. The topological polar surface area (TPSA) is 41.9 Å². The van der Waals surface area contributed by atoms with E-state index in [0.29, 0.717) is 33.1 Å². The zero-order chi connectivity index (χ0) is 18.5. The lowest BCUT2D eigenvalue weighted by Gasteiger charge is -2.20. The summed E-state index contributed by atoms with van der Waals surface area (Å²) in [6.45, 7) is 2.38. The van der Waals surface area contributed by atoms with Crippen molar-refractivity contribution in [2.24, 2.45) is 0 Å². The molecular formula is C19H20Cl3NO3. The lowest BCUT2D eigenvalue weighted by Crippen LogP contribution is -2.35. The molecule has 2 aromatic rings. The number of aliphatic hydroxyl groups is 1. The van der Waals surface area contributed by atoms with Crippen LogP contribution in [-0.2, 0) is 0 Å². The van der Waals surface area contributed by atoms with Crippen LogP contribution in [-0.4, -0.2) is 48.5 Å². The molecule has 0 aliphatic carbocycles. The summed E-state index contributed by atoms with van der Waals surface area (Å²) < 4.78 is 11.5. The first-order valence-corrected chi connectivity index (χ1v) is 9.53. The molecule has 7 heteroatoms. The normalized spacial score (nSPS) is 18.7. The predicted molar refractivity (Wildman–Crippen MR) is 105 cm³/mol. The zero-order valence-corrected chi connectivity index (χ0v) is 16.3. The van der Waals surface area contributed by atoms with Crippen molar-refractivity contribution in [1.82, 2.24) is 4.90 Å². The summed E-state index contributed by atoms with van der Waals surface area (Å²) in [5.41, 5.74) is 0. The second kappa shape index (κ2) is 9.16. The van der Waals surface area contributed by atoms with E-state index < -0.39 is 6.10 Å². The molecule has 3 rings (SSSR count). The summed E-state index contributed by atoms with van der Waals surface area (Å²) in [6.07, 6.45) is 0.386. The fourth-order valence-corrected chi connectivity index (χ4v) is 3.29. The molecule has 2 unspecified atom stereocenters. The molecule has 0 aromatic heterocycles. The van der Waals surface area contributed by atoms with Crippen molar-refractivity contribution < 1.29 is 14.6 Å². The van der Waals surface area contributed by atoms with E-state index in [4.69, 9.17) is 44.3 Å². The summed E-state index contributed by atoms with van der Waals surface area (Å²) in [4.78, 5) is 2.16. The fourth-order valence-electron chi connectivity index (χ4n) is 2.88. The minimum absolute atomic E-state index is 0.0663. The summed E-state index contributed by atoms with van der Waals surface area (Å²) in [6, 6.07) is 12.3. The summed E-state index contributed by atoms with van der Waals surface area (Å²) in [7, 11) is 0. The monoisotopic (exact) mass is 415 g/mol. The van der Waals surface area contributed by atoms with Crippen molar-refractivity contribution >= 4 is 34.8 Å². The van der Waals surface area contributed by atoms with E-state index in [1.165, 1.54) is 0 Å². The minimum Gasteiger partial charge on any atom is -0.491 e. The van der Waals surface area contributed by atoms with Gasteiger partial charge >= 0.3 is 0 Å². The molecule has 0 saturated carbocycles. The Morgan fingerprint density at radius 3 is 2.50 bits per heavy atom. The third kappa shape index (κ3) is 5.66. The number of nitrogens with zero attached hydrogens (tertiary/aromatic N) is 1. The van der Waals surface area contributed by atoms with Crippen LogP contribution in [0.15, 0.2) is 42.5 Å². The molecule has 140 valence electrons. The highest BCUT2D eigenvalue weighted by Crippen LogP contribution is 2.28. The van der Waals surface area contributed by atoms with Crippen LogP contribution in [0.4, 0.5) is 0 Å². The van der Waals surface area contributed by atoms with Crippen LogP contribution in [0.3, 0.4) is 0 Å². The van der Waals surface area contributed by atoms with Gasteiger partial charge < -0.3 is 14.6 Å². The van der Waals surface area contributed by atoms with Gasteiger partial charge in [0.2, 0.25) is 0 Å². The molecule has 0 amide bonds. The smallest absolute Gasteiger partial charge is 0.121 e. The fraction of sp³-hybridized carbons (Fsp3) is 0.368. The highest BCUT2D eigenvalue weighted by atomic mass is 35.5. The van der Waals surface area contributed by atoms with E-state index in [2.05, 4.69) is 4.90 Å². The molecule has 2 atom stereocenters. The van der Waals surface area contributed by atoms with Crippen molar-refractivity contribution in [2.75, 3.05) is 26.2 Å². The van der Waals surface area contributed by atoms with Gasteiger partial charge in [-0.25, -0.2) is 0 Å². The second-order valence-electron chi connectivity index (χ2n) is 6.28. The van der Waals surface area contributed by atoms with Crippen LogP contribution in [0.25, 0.3) is 0 Å². The molecule has 2 aromatic carbocycles. The average Bonchev–Trinajstić information content (AvgIpc) is 3.04. The summed E-state index contributed by atoms with van der Waals surface area (Å²) >= 11 is 17.8. The van der Waals surface area contributed by atoms with Crippen LogP contribution in [0.2, 0.25) is 15.1 Å². The first-order valence-electron chi connectivity index (χ1n) is 8.40. The van der Waals surface area contributed by atoms with Crippen LogP contribution in [0.1, 0.15) is 6.42 Å². The number of benzene rings is 2. The molecule has 26 heavy (non-hydrogen) atoms. The average molecular weight is 417 g/mol. The molecule has 4 nitrogen and oxygen atoms in total. The van der Waals surface area contributed by atoms with Gasteiger partial charge in [0.15, 0.2) is 0 Å². The van der Waals surface area contributed by atoms with Crippen molar-refractivity contribution in [3.8, 4) is 11.5 Å². The largest absolute Gasteiger partial charge is 0.491 e. The van der Waals surface area contributed by atoms with Crippen molar-refractivity contribution in [3.05, 3.63) is 57.5 Å². The number of halogens is 3. The molecule has 1 saturated heterocycles. The Kier molecular flexibility index (Phi) is 6.90. The zero-order valence-electron chi connectivity index (χ0n) is 14.1. The summed E-state index contributed by atoms with van der Waals surface area (Å²) in [5.74, 6) is 1.40. The number of likely N-dealkylation sites (tertiary alicyclic amines) is 1. The number of hydrogen-bond acceptors (Lipinski definition) is 4. The Labute approximate surface area is 168 Å². The Morgan fingerprint density at radius 1 is 1.04 bits per heavy atom. The molecule has 0 radical (unpaired) electrons. The van der Waals surface area contributed by atoms with E-state index >= 15 is 0 Å². The third-order valence-electron chi connectivity index (χ3n) is 4.15. The van der Waals surface area contributed by atoms with Gasteiger partial charge in [0, 0.05) is 30.7 Å². The van der Waals surface area contributed by atoms with Gasteiger partial charge in [-0.2, -0.15) is 0 Å². The lowest BCUT2D eigenvalue weighted by molar-refractivity contribution is 0.0720. The van der Waals surface area contributed by atoms with Crippen LogP contribution >= 0.6 is 34.8 Å². The Morgan fingerprint density at radius 2 is 1.77 bits per heavy atom. The maximum Gasteiger partial charge on any atom is 0.121 e. The highest BCUT2D eigenvalue weighted by molar-refractivity contribution is 6.42. The highest BCUT2D eigenvalue weighted by Gasteiger charge is 2.25. The minimum atomic E-state index is -0.575. The van der Waals surface area contributed by atoms with E-state index in [1.807, 2.05) is 6.07 Å². The van der Waals surface area contributed by atoms with E-state index in [0.717, 1.165) is 19.5 Å². The van der Waals surface area contributed by atoms with Crippen LogP contribution in [0.5, 0.6) is 11.5 Å². The SMILES string of the molecule is OC(COc1ccc(Cl)cc1)CN1CCC(Oc2ccc(Cl)c(Cl)c2)C1. The predicted octanol–water partition coefficient (Wildman–Crippen LogP) is 4.54. The van der Waals surface area contributed by atoms with E-state index in [1.54, 1.807) is 36.4 Å². The van der Waals surface area contributed by atoms with Gasteiger partial charge in [-0.05, 0) is 42.8 Å². The van der Waals surface area contributed by atoms with Gasteiger partial charge in [0.05, 0.1) is 10.0 Å². The van der Waals surface area contributed by atoms with Crippen molar-refractivity contribution in [3.63, 3.8) is 0 Å². The van der Waals surface area contributed by atoms with Gasteiger partial charge in [-0.3, -0.25) is 4.90 Å². The number of aliphatic hydroxyl groups excluding tert-OH is 1. The molecule has 1 N–H and O–H groups in total. The lowest BCUT2D eigenvalue weighted by atomic mass is 10.3. The molecule has 1 aliphatic rings. The molecule has 0 bridgehead atoms. The van der Waals surface area contributed by atoms with Gasteiger partial charge in [-0.15, -0.1) is 0 Å². The van der Waals surface area contributed by atoms with Gasteiger partial charge in [-0.1, -0.05) is 34.8 Å². The van der Waals surface area contributed by atoms with Crippen molar-refractivity contribution in [1.29, 1.82) is 0 Å². The number of rotatable bonds is 7. The van der Waals surface area contributed by atoms with Gasteiger partial charge in [0.25, 0.3) is 0 Å². The number of β-amino-alcohol motifs (C(OH)–C–C–N with tert-alkyl or cyclic N) is 1. The first-order chi connectivity index (χ1) is 12.5. The van der Waals surface area contributed by atoms with Crippen LogP contribution in [0, 0.1) is 0 Å². The molecule has 0 spiro atoms. The Bertz CT molecular complexity index is 726. The van der Waals surface area contributed by atoms with Crippen LogP contribution < -0.4 is 9.47 Å². The second-order valence-corrected chi connectivity index (χ2v) is 7.53. The Hall–Kier alpha value is -1.17.